The lowest BCUT2D eigenvalue weighted by Crippen LogP contribution is -2.34. The Balaban J connectivity index is 3.20. The van der Waals surface area contributed by atoms with Gasteiger partial charge >= 0.3 is 5.97 Å². The lowest BCUT2D eigenvalue weighted by atomic mass is 10.1. The fraction of sp³-hybridized carbons (Fsp3) is 0.500. The van der Waals surface area contributed by atoms with Crippen molar-refractivity contribution in [3.8, 4) is 5.75 Å². The quantitative estimate of drug-likeness (QED) is 0.863. The molecule has 1 unspecified atom stereocenters. The predicted molar refractivity (Wildman–Crippen MR) is 79.1 cm³/mol. The van der Waals surface area contributed by atoms with E-state index >= 15 is 0 Å². The molecule has 0 saturated carbocycles. The minimum atomic E-state index is -3.73. The maximum absolute atomic E-state index is 12.6. The van der Waals surface area contributed by atoms with Gasteiger partial charge in [0.1, 0.15) is 5.75 Å². The number of carbonyl (C=O) groups is 1. The van der Waals surface area contributed by atoms with Gasteiger partial charge in [0.2, 0.25) is 10.0 Å². The Kier molecular flexibility index (Phi) is 5.36. The number of aliphatic carboxylic acids is 1. The van der Waals surface area contributed by atoms with E-state index in [2.05, 4.69) is 0 Å². The summed E-state index contributed by atoms with van der Waals surface area (Å²) in [5.41, 5.74) is 1.35. The van der Waals surface area contributed by atoms with Crippen molar-refractivity contribution in [1.29, 1.82) is 0 Å². The summed E-state index contributed by atoms with van der Waals surface area (Å²) in [5, 5.41) is 8.90. The highest BCUT2D eigenvalue weighted by Crippen LogP contribution is 2.28. The van der Waals surface area contributed by atoms with Gasteiger partial charge in [-0.1, -0.05) is 6.92 Å². The lowest BCUT2D eigenvalue weighted by molar-refractivity contribution is -0.141. The monoisotopic (exact) mass is 315 g/mol. The average Bonchev–Trinajstić information content (AvgIpc) is 2.41. The molecule has 0 bridgehead atoms. The van der Waals surface area contributed by atoms with Crippen molar-refractivity contribution in [3.05, 3.63) is 23.3 Å². The van der Waals surface area contributed by atoms with Crippen LogP contribution in [-0.2, 0) is 14.8 Å². The molecule has 6 nitrogen and oxygen atoms in total. The number of carboxylic acids is 1. The van der Waals surface area contributed by atoms with Crippen LogP contribution in [-0.4, -0.2) is 44.5 Å². The van der Waals surface area contributed by atoms with E-state index in [0.29, 0.717) is 11.3 Å². The second-order valence-electron chi connectivity index (χ2n) is 5.04. The van der Waals surface area contributed by atoms with Gasteiger partial charge in [0.25, 0.3) is 0 Å². The molecule has 0 aliphatic heterocycles. The molecule has 0 aliphatic carbocycles. The molecule has 0 radical (unpaired) electrons. The largest absolute Gasteiger partial charge is 0.496 e. The second-order valence-corrected chi connectivity index (χ2v) is 7.05. The first-order valence-corrected chi connectivity index (χ1v) is 7.90. The summed E-state index contributed by atoms with van der Waals surface area (Å²) in [6.07, 6.45) is 0. The fourth-order valence-electron chi connectivity index (χ4n) is 2.00. The molecule has 0 aliphatic rings. The van der Waals surface area contributed by atoms with Crippen LogP contribution in [0, 0.1) is 19.8 Å². The summed E-state index contributed by atoms with van der Waals surface area (Å²) in [6, 6.07) is 3.09. The summed E-state index contributed by atoms with van der Waals surface area (Å²) in [6.45, 7) is 4.88. The van der Waals surface area contributed by atoms with E-state index < -0.39 is 21.9 Å². The molecule has 0 fully saturated rings. The van der Waals surface area contributed by atoms with Crippen LogP contribution in [0.2, 0.25) is 0 Å². The normalized spacial score (nSPS) is 13.2. The first-order valence-electron chi connectivity index (χ1n) is 6.46. The minimum absolute atomic E-state index is 0.0812. The third kappa shape index (κ3) is 3.54. The van der Waals surface area contributed by atoms with Crippen molar-refractivity contribution in [1.82, 2.24) is 4.31 Å². The molecular weight excluding hydrogens is 294 g/mol. The van der Waals surface area contributed by atoms with Gasteiger partial charge in [0.15, 0.2) is 0 Å². The van der Waals surface area contributed by atoms with Crippen LogP contribution in [0.15, 0.2) is 17.0 Å². The maximum atomic E-state index is 12.6. The molecular formula is C14H21NO5S. The van der Waals surface area contributed by atoms with Crippen LogP contribution >= 0.6 is 0 Å². The molecule has 0 aromatic heterocycles. The van der Waals surface area contributed by atoms with Gasteiger partial charge in [-0.15, -0.1) is 0 Å². The standard InChI is InChI=1S/C14H21NO5S/c1-9(14(16)17)8-15(4)21(18,19)13-7-6-12(20-5)10(2)11(13)3/h6-7,9H,8H2,1-5H3,(H,16,17). The zero-order chi connectivity index (χ0) is 16.4. The van der Waals surface area contributed by atoms with Crippen LogP contribution in [0.4, 0.5) is 0 Å². The highest BCUT2D eigenvalue weighted by Gasteiger charge is 2.27. The number of hydrogen-bond acceptors (Lipinski definition) is 4. The zero-order valence-corrected chi connectivity index (χ0v) is 13.7. The van der Waals surface area contributed by atoms with Gasteiger partial charge in [-0.05, 0) is 37.1 Å². The molecule has 7 heteroatoms. The zero-order valence-electron chi connectivity index (χ0n) is 12.9. The number of rotatable bonds is 6. The molecule has 1 aromatic carbocycles. The Labute approximate surface area is 125 Å². The SMILES string of the molecule is COc1ccc(S(=O)(=O)N(C)CC(C)C(=O)O)c(C)c1C. The molecule has 1 N–H and O–H groups in total. The van der Waals surface area contributed by atoms with E-state index in [1.54, 1.807) is 19.9 Å². The first-order chi connectivity index (χ1) is 9.62. The van der Waals surface area contributed by atoms with E-state index in [4.69, 9.17) is 9.84 Å². The number of benzene rings is 1. The number of sulfonamides is 1. The average molecular weight is 315 g/mol. The van der Waals surface area contributed by atoms with E-state index in [1.165, 1.54) is 27.1 Å². The molecule has 21 heavy (non-hydrogen) atoms. The number of methoxy groups -OCH3 is 1. The smallest absolute Gasteiger partial charge is 0.307 e. The molecule has 118 valence electrons. The fourth-order valence-corrected chi connectivity index (χ4v) is 3.54. The molecule has 1 aromatic rings. The molecule has 1 atom stereocenters. The first kappa shape index (κ1) is 17.5. The van der Waals surface area contributed by atoms with E-state index in [-0.39, 0.29) is 11.4 Å². The van der Waals surface area contributed by atoms with Crippen molar-refractivity contribution < 1.29 is 23.1 Å². The molecule has 0 spiro atoms. The Morgan fingerprint density at radius 1 is 1.33 bits per heavy atom. The highest BCUT2D eigenvalue weighted by atomic mass is 32.2. The number of ether oxygens (including phenoxy) is 1. The van der Waals surface area contributed by atoms with E-state index in [9.17, 15) is 13.2 Å². The topological polar surface area (TPSA) is 83.9 Å². The van der Waals surface area contributed by atoms with Crippen molar-refractivity contribution in [3.63, 3.8) is 0 Å². The molecule has 1 rings (SSSR count). The summed E-state index contributed by atoms with van der Waals surface area (Å²) in [7, 11) is -0.824. The van der Waals surface area contributed by atoms with Gasteiger partial charge in [0, 0.05) is 13.6 Å². The van der Waals surface area contributed by atoms with Gasteiger partial charge in [-0.3, -0.25) is 4.79 Å². The van der Waals surface area contributed by atoms with Crippen molar-refractivity contribution in [2.24, 2.45) is 5.92 Å². The number of carboxylic acid groups (broad SMARTS) is 1. The Hall–Kier alpha value is -1.60. The predicted octanol–water partition coefficient (Wildman–Crippen LogP) is 1.65. The third-order valence-electron chi connectivity index (χ3n) is 3.55. The minimum Gasteiger partial charge on any atom is -0.496 e. The van der Waals surface area contributed by atoms with Gasteiger partial charge in [-0.25, -0.2) is 12.7 Å². The molecule has 0 amide bonds. The Morgan fingerprint density at radius 2 is 1.90 bits per heavy atom. The van der Waals surface area contributed by atoms with Crippen LogP contribution in [0.1, 0.15) is 18.1 Å². The number of nitrogens with zero attached hydrogens (tertiary/aromatic N) is 1. The maximum Gasteiger partial charge on any atom is 0.307 e. The third-order valence-corrected chi connectivity index (χ3v) is 5.52. The summed E-state index contributed by atoms with van der Waals surface area (Å²) >= 11 is 0. The number of hydrogen-bond donors (Lipinski definition) is 1. The summed E-state index contributed by atoms with van der Waals surface area (Å²) in [5.74, 6) is -1.18. The van der Waals surface area contributed by atoms with Gasteiger partial charge in [0.05, 0.1) is 17.9 Å². The van der Waals surface area contributed by atoms with Gasteiger partial charge in [-0.2, -0.15) is 0 Å². The van der Waals surface area contributed by atoms with E-state index in [1.807, 2.05) is 0 Å². The van der Waals surface area contributed by atoms with Crippen molar-refractivity contribution in [2.75, 3.05) is 20.7 Å². The van der Waals surface area contributed by atoms with E-state index in [0.717, 1.165) is 9.87 Å². The molecule has 0 saturated heterocycles. The van der Waals surface area contributed by atoms with Crippen LogP contribution < -0.4 is 4.74 Å². The van der Waals surface area contributed by atoms with Crippen LogP contribution in [0.5, 0.6) is 5.75 Å². The lowest BCUT2D eigenvalue weighted by Gasteiger charge is -2.21. The van der Waals surface area contributed by atoms with Crippen LogP contribution in [0.3, 0.4) is 0 Å². The summed E-state index contributed by atoms with van der Waals surface area (Å²) < 4.78 is 31.3. The van der Waals surface area contributed by atoms with Crippen molar-refractivity contribution >= 4 is 16.0 Å². The Bertz CT molecular complexity index is 639. The highest BCUT2D eigenvalue weighted by molar-refractivity contribution is 7.89. The Morgan fingerprint density at radius 3 is 2.38 bits per heavy atom. The van der Waals surface area contributed by atoms with Crippen LogP contribution in [0.25, 0.3) is 0 Å². The molecule has 0 heterocycles. The summed E-state index contributed by atoms with van der Waals surface area (Å²) in [4.78, 5) is 11.0. The van der Waals surface area contributed by atoms with Crippen molar-refractivity contribution in [2.45, 2.75) is 25.7 Å². The van der Waals surface area contributed by atoms with Gasteiger partial charge < -0.3 is 9.84 Å². The second kappa shape index (κ2) is 6.44.